The van der Waals surface area contributed by atoms with Crippen LogP contribution in [0.4, 0.5) is 5.69 Å². The second-order valence-electron chi connectivity index (χ2n) is 7.94. The van der Waals surface area contributed by atoms with E-state index in [1.165, 1.54) is 0 Å². The smallest absolute Gasteiger partial charge is 0.439 e. The number of anilines is 1. The largest absolute Gasteiger partial charge is 0.455 e. The van der Waals surface area contributed by atoms with E-state index in [2.05, 4.69) is 35.2 Å². The third kappa shape index (κ3) is 3.77. The molecule has 1 atom stereocenters. The van der Waals surface area contributed by atoms with Gasteiger partial charge in [0.05, 0.1) is 28.9 Å². The Balaban J connectivity index is 1.64. The maximum absolute atomic E-state index is 13.2. The van der Waals surface area contributed by atoms with Gasteiger partial charge in [0.15, 0.2) is 5.43 Å². The molecule has 5 aromatic rings. The van der Waals surface area contributed by atoms with Gasteiger partial charge in [-0.1, -0.05) is 22.8 Å². The number of nitrogens with one attached hydrogen (secondary N) is 3. The van der Waals surface area contributed by atoms with E-state index >= 15 is 0 Å². The molecule has 172 valence electrons. The summed E-state index contributed by atoms with van der Waals surface area (Å²) < 4.78 is 10.9. The lowest BCUT2D eigenvalue weighted by Gasteiger charge is -2.19. The Morgan fingerprint density at radius 1 is 1.18 bits per heavy atom. The Labute approximate surface area is 197 Å². The molecule has 5 rings (SSSR count). The molecule has 11 heteroatoms. The van der Waals surface area contributed by atoms with Crippen LogP contribution in [0.5, 0.6) is 0 Å². The van der Waals surface area contributed by atoms with Crippen LogP contribution in [0.2, 0.25) is 5.15 Å². The summed E-state index contributed by atoms with van der Waals surface area (Å²) in [5.74, 6) is -0.109. The summed E-state index contributed by atoms with van der Waals surface area (Å²) >= 11 is 6.08. The van der Waals surface area contributed by atoms with E-state index in [0.717, 1.165) is 11.1 Å². The average Bonchev–Trinajstić information content (AvgIpc) is 3.49. The molecular formula is C23H19ClN6O4. The third-order valence-corrected chi connectivity index (χ3v) is 5.73. The topological polar surface area (TPSA) is 143 Å². The molecular weight excluding hydrogens is 460 g/mol. The van der Waals surface area contributed by atoms with E-state index in [1.54, 1.807) is 31.5 Å². The molecule has 0 saturated heterocycles. The molecule has 0 aliphatic carbocycles. The van der Waals surface area contributed by atoms with Gasteiger partial charge in [-0.05, 0) is 44.5 Å². The summed E-state index contributed by atoms with van der Waals surface area (Å²) in [5.41, 5.74) is 4.10. The van der Waals surface area contributed by atoms with Crippen LogP contribution < -0.4 is 16.5 Å². The summed E-state index contributed by atoms with van der Waals surface area (Å²) in [7, 11) is 0. The molecule has 0 aliphatic rings. The van der Waals surface area contributed by atoms with Crippen LogP contribution in [0.15, 0.2) is 55.2 Å². The van der Waals surface area contributed by atoms with Crippen molar-refractivity contribution >= 4 is 28.3 Å². The number of H-pyrrole nitrogens is 2. The zero-order chi connectivity index (χ0) is 24.0. The SMILES string of the molecule is Cc1cc(C(C)Nc2ccc(Cl)nc2-c2noc(=O)[nH]2)c2oc(-c3cn[nH]c3)c(C)c(=O)c2c1. The van der Waals surface area contributed by atoms with E-state index in [1.807, 2.05) is 26.0 Å². The average molecular weight is 479 g/mol. The van der Waals surface area contributed by atoms with Crippen molar-refractivity contribution in [1.82, 2.24) is 25.3 Å². The number of halogens is 1. The Morgan fingerprint density at radius 2 is 2.00 bits per heavy atom. The summed E-state index contributed by atoms with van der Waals surface area (Å²) in [6.07, 6.45) is 3.29. The summed E-state index contributed by atoms with van der Waals surface area (Å²) in [5, 5.41) is 14.5. The van der Waals surface area contributed by atoms with E-state index < -0.39 is 5.76 Å². The van der Waals surface area contributed by atoms with Gasteiger partial charge < -0.3 is 9.73 Å². The van der Waals surface area contributed by atoms with E-state index in [0.29, 0.717) is 39.2 Å². The molecule has 1 aromatic carbocycles. The highest BCUT2D eigenvalue weighted by Crippen LogP contribution is 2.33. The molecule has 4 aromatic heterocycles. The molecule has 1 unspecified atom stereocenters. The van der Waals surface area contributed by atoms with Crippen LogP contribution >= 0.6 is 11.6 Å². The van der Waals surface area contributed by atoms with Crippen molar-refractivity contribution in [3.63, 3.8) is 0 Å². The number of hydrogen-bond acceptors (Lipinski definition) is 8. The van der Waals surface area contributed by atoms with Crippen LogP contribution in [-0.2, 0) is 0 Å². The normalized spacial score (nSPS) is 12.2. The predicted octanol–water partition coefficient (Wildman–Crippen LogP) is 4.36. The lowest BCUT2D eigenvalue weighted by atomic mass is 9.99. The number of fused-ring (bicyclic) bond motifs is 1. The quantitative estimate of drug-likeness (QED) is 0.316. The first kappa shape index (κ1) is 21.7. The van der Waals surface area contributed by atoms with Gasteiger partial charge in [0.1, 0.15) is 22.2 Å². The van der Waals surface area contributed by atoms with Gasteiger partial charge in [0.2, 0.25) is 5.82 Å². The maximum Gasteiger partial charge on any atom is 0.439 e. The first-order valence-electron chi connectivity index (χ1n) is 10.4. The first-order chi connectivity index (χ1) is 16.3. The van der Waals surface area contributed by atoms with Crippen LogP contribution in [0.1, 0.15) is 29.7 Å². The van der Waals surface area contributed by atoms with Crippen LogP contribution in [0.3, 0.4) is 0 Å². The van der Waals surface area contributed by atoms with Gasteiger partial charge in [-0.2, -0.15) is 5.10 Å². The van der Waals surface area contributed by atoms with Crippen LogP contribution in [0, 0.1) is 13.8 Å². The Kier molecular flexibility index (Phi) is 5.29. The molecule has 4 heterocycles. The van der Waals surface area contributed by atoms with Crippen molar-refractivity contribution in [1.29, 1.82) is 0 Å². The van der Waals surface area contributed by atoms with Crippen molar-refractivity contribution < 1.29 is 8.94 Å². The minimum Gasteiger partial charge on any atom is -0.455 e. The second kappa shape index (κ2) is 8.31. The van der Waals surface area contributed by atoms with E-state index in [-0.39, 0.29) is 22.4 Å². The van der Waals surface area contributed by atoms with Gasteiger partial charge in [-0.25, -0.2) is 9.78 Å². The zero-order valence-corrected chi connectivity index (χ0v) is 19.1. The van der Waals surface area contributed by atoms with Crippen molar-refractivity contribution in [3.8, 4) is 22.8 Å². The second-order valence-corrected chi connectivity index (χ2v) is 8.33. The Bertz CT molecular complexity index is 1630. The van der Waals surface area contributed by atoms with Gasteiger partial charge >= 0.3 is 5.76 Å². The number of rotatable bonds is 5. The molecule has 0 bridgehead atoms. The fourth-order valence-corrected chi connectivity index (χ4v) is 4.06. The lowest BCUT2D eigenvalue weighted by Crippen LogP contribution is -2.13. The highest BCUT2D eigenvalue weighted by atomic mass is 35.5. The molecule has 0 saturated carbocycles. The third-order valence-electron chi connectivity index (χ3n) is 5.52. The van der Waals surface area contributed by atoms with Crippen molar-refractivity contribution in [3.05, 3.63) is 79.3 Å². The predicted molar refractivity (Wildman–Crippen MR) is 127 cm³/mol. The number of aromatic nitrogens is 5. The monoisotopic (exact) mass is 478 g/mol. The molecule has 0 fully saturated rings. The summed E-state index contributed by atoms with van der Waals surface area (Å²) in [6, 6.07) is 6.79. The molecule has 0 radical (unpaired) electrons. The number of aromatic amines is 2. The summed E-state index contributed by atoms with van der Waals surface area (Å²) in [6.45, 7) is 5.58. The zero-order valence-electron chi connectivity index (χ0n) is 18.4. The first-order valence-corrected chi connectivity index (χ1v) is 10.8. The molecule has 0 spiro atoms. The van der Waals surface area contributed by atoms with E-state index in [9.17, 15) is 9.59 Å². The van der Waals surface area contributed by atoms with Gasteiger partial charge in [0, 0.05) is 17.3 Å². The van der Waals surface area contributed by atoms with Crippen molar-refractivity contribution in [2.45, 2.75) is 26.8 Å². The lowest BCUT2D eigenvalue weighted by molar-refractivity contribution is 0.388. The highest BCUT2D eigenvalue weighted by molar-refractivity contribution is 6.29. The minimum absolute atomic E-state index is 0.108. The molecule has 3 N–H and O–H groups in total. The van der Waals surface area contributed by atoms with Crippen LogP contribution in [-0.4, -0.2) is 25.3 Å². The van der Waals surface area contributed by atoms with Gasteiger partial charge in [0.25, 0.3) is 0 Å². The minimum atomic E-state index is -0.704. The highest BCUT2D eigenvalue weighted by Gasteiger charge is 2.21. The standard InChI is InChI=1S/C23H19ClN6O4/c1-10-6-14(21-15(7-10)19(31)11(2)20(33-21)13-8-25-26-9-13)12(3)27-16-4-5-17(24)28-18(16)22-29-23(32)34-30-22/h4-9,12,27H,1-3H3,(H,25,26)(H,29,30,32). The molecule has 0 amide bonds. The van der Waals surface area contributed by atoms with E-state index in [4.69, 9.17) is 16.0 Å². The number of nitrogens with zero attached hydrogens (tertiary/aromatic N) is 3. The number of pyridine rings is 1. The Morgan fingerprint density at radius 3 is 2.71 bits per heavy atom. The maximum atomic E-state index is 13.2. The fraction of sp³-hybridized carbons (Fsp3) is 0.174. The molecule has 10 nitrogen and oxygen atoms in total. The molecule has 34 heavy (non-hydrogen) atoms. The summed E-state index contributed by atoms with van der Waals surface area (Å²) in [4.78, 5) is 31.5. The number of aryl methyl sites for hydroxylation is 1. The Hall–Kier alpha value is -4.18. The number of hydrogen-bond donors (Lipinski definition) is 3. The fourth-order valence-electron chi connectivity index (χ4n) is 3.91. The molecule has 0 aliphatic heterocycles. The number of benzene rings is 1. The van der Waals surface area contributed by atoms with Gasteiger partial charge in [-0.3, -0.25) is 19.4 Å². The van der Waals surface area contributed by atoms with Gasteiger partial charge in [-0.15, -0.1) is 0 Å². The van der Waals surface area contributed by atoms with Crippen molar-refractivity contribution in [2.24, 2.45) is 0 Å². The van der Waals surface area contributed by atoms with Crippen molar-refractivity contribution in [2.75, 3.05) is 5.32 Å². The van der Waals surface area contributed by atoms with Crippen LogP contribution in [0.25, 0.3) is 33.8 Å².